The van der Waals surface area contributed by atoms with Crippen molar-refractivity contribution in [2.45, 2.75) is 59.5 Å². The SMILES string of the molecule is CC/C=C(\C)[C@H]1[C@@H](/C=C/C=C/C(=O)O)[C@H]2[C@@H](C[C@H]1C)[C@@H](O)CC[C@@H]2C. The Bertz CT molecular complexity index is 545. The van der Waals surface area contributed by atoms with Gasteiger partial charge in [-0.05, 0) is 68.1 Å². The van der Waals surface area contributed by atoms with Crippen LogP contribution >= 0.6 is 0 Å². The summed E-state index contributed by atoms with van der Waals surface area (Å²) in [5.74, 6) is 1.88. The third-order valence-electron chi connectivity index (χ3n) is 6.41. The lowest BCUT2D eigenvalue weighted by molar-refractivity contribution is -0.131. The fraction of sp³-hybridized carbons (Fsp3) is 0.682. The van der Waals surface area contributed by atoms with Crippen molar-refractivity contribution < 1.29 is 15.0 Å². The summed E-state index contributed by atoms with van der Waals surface area (Å²) in [5, 5.41) is 19.4. The Labute approximate surface area is 152 Å². The summed E-state index contributed by atoms with van der Waals surface area (Å²) in [6.07, 6.45) is 13.2. The molecule has 2 saturated carbocycles. The zero-order valence-electron chi connectivity index (χ0n) is 16.1. The molecule has 7 atom stereocenters. The van der Waals surface area contributed by atoms with Gasteiger partial charge in [0.15, 0.2) is 0 Å². The first kappa shape index (κ1) is 20.0. The highest BCUT2D eigenvalue weighted by Gasteiger charge is 2.48. The molecule has 3 nitrogen and oxygen atoms in total. The highest BCUT2D eigenvalue weighted by Crippen LogP contribution is 2.53. The molecule has 0 unspecified atom stereocenters. The molecule has 2 aliphatic carbocycles. The van der Waals surface area contributed by atoms with E-state index in [0.717, 1.165) is 25.7 Å². The summed E-state index contributed by atoms with van der Waals surface area (Å²) in [6, 6.07) is 0. The number of rotatable bonds is 5. The molecule has 0 aromatic heterocycles. The van der Waals surface area contributed by atoms with Crippen molar-refractivity contribution in [1.82, 2.24) is 0 Å². The van der Waals surface area contributed by atoms with E-state index >= 15 is 0 Å². The number of hydrogen-bond donors (Lipinski definition) is 2. The van der Waals surface area contributed by atoms with Gasteiger partial charge in [-0.1, -0.05) is 50.6 Å². The quantitative estimate of drug-likeness (QED) is 0.426. The van der Waals surface area contributed by atoms with Gasteiger partial charge < -0.3 is 10.2 Å². The summed E-state index contributed by atoms with van der Waals surface area (Å²) < 4.78 is 0. The molecule has 2 N–H and O–H groups in total. The van der Waals surface area contributed by atoms with Crippen LogP contribution in [0.4, 0.5) is 0 Å². The van der Waals surface area contributed by atoms with Crippen LogP contribution in [-0.2, 0) is 4.79 Å². The van der Waals surface area contributed by atoms with Crippen molar-refractivity contribution >= 4 is 5.97 Å². The molecule has 0 spiro atoms. The van der Waals surface area contributed by atoms with Gasteiger partial charge in [0.05, 0.1) is 6.10 Å². The lowest BCUT2D eigenvalue weighted by Gasteiger charge is -2.52. The maximum Gasteiger partial charge on any atom is 0.328 e. The molecule has 2 aliphatic rings. The Balaban J connectivity index is 2.37. The van der Waals surface area contributed by atoms with Gasteiger partial charge in [-0.25, -0.2) is 4.79 Å². The Kier molecular flexibility index (Phi) is 7.06. The Hall–Kier alpha value is -1.35. The van der Waals surface area contributed by atoms with E-state index in [1.165, 1.54) is 11.6 Å². The number of aliphatic hydroxyl groups is 1. The van der Waals surface area contributed by atoms with Gasteiger partial charge in [0, 0.05) is 6.08 Å². The molecule has 0 heterocycles. The summed E-state index contributed by atoms with van der Waals surface area (Å²) in [7, 11) is 0. The largest absolute Gasteiger partial charge is 0.478 e. The molecular weight excluding hydrogens is 312 g/mol. The maximum atomic E-state index is 10.7. The fourth-order valence-corrected chi connectivity index (χ4v) is 5.48. The number of carbonyl (C=O) groups is 1. The number of aliphatic carboxylic acids is 1. The fourth-order valence-electron chi connectivity index (χ4n) is 5.48. The van der Waals surface area contributed by atoms with Gasteiger partial charge in [-0.2, -0.15) is 0 Å². The number of hydrogen-bond acceptors (Lipinski definition) is 2. The second-order valence-corrected chi connectivity index (χ2v) is 8.12. The first-order valence-corrected chi connectivity index (χ1v) is 9.79. The molecule has 0 aromatic carbocycles. The van der Waals surface area contributed by atoms with Crippen LogP contribution in [0.2, 0.25) is 0 Å². The summed E-state index contributed by atoms with van der Waals surface area (Å²) >= 11 is 0. The zero-order chi connectivity index (χ0) is 18.6. The second-order valence-electron chi connectivity index (χ2n) is 8.12. The summed E-state index contributed by atoms with van der Waals surface area (Å²) in [4.78, 5) is 10.7. The normalized spacial score (nSPS) is 39.7. The van der Waals surface area contributed by atoms with Gasteiger partial charge in [0.1, 0.15) is 0 Å². The Morgan fingerprint density at radius 2 is 1.88 bits per heavy atom. The van der Waals surface area contributed by atoms with Crippen molar-refractivity contribution in [3.8, 4) is 0 Å². The molecule has 25 heavy (non-hydrogen) atoms. The molecule has 0 aromatic rings. The predicted octanol–water partition coefficient (Wildman–Crippen LogP) is 4.84. The van der Waals surface area contributed by atoms with Crippen molar-refractivity contribution in [3.63, 3.8) is 0 Å². The van der Waals surface area contributed by atoms with Crippen LogP contribution < -0.4 is 0 Å². The number of carboxylic acids is 1. The molecule has 3 heteroatoms. The highest BCUT2D eigenvalue weighted by atomic mass is 16.4. The van der Waals surface area contributed by atoms with Crippen LogP contribution in [0.3, 0.4) is 0 Å². The third-order valence-corrected chi connectivity index (χ3v) is 6.41. The Morgan fingerprint density at radius 3 is 2.52 bits per heavy atom. The minimum absolute atomic E-state index is 0.189. The molecular formula is C22H34O3. The minimum atomic E-state index is -0.917. The van der Waals surface area contributed by atoms with Crippen LogP contribution in [0.1, 0.15) is 53.4 Å². The van der Waals surface area contributed by atoms with E-state index < -0.39 is 5.97 Å². The highest BCUT2D eigenvalue weighted by molar-refractivity contribution is 5.80. The third kappa shape index (κ3) is 4.63. The van der Waals surface area contributed by atoms with Crippen molar-refractivity contribution in [3.05, 3.63) is 36.0 Å². The molecule has 0 radical (unpaired) electrons. The van der Waals surface area contributed by atoms with Gasteiger partial charge in [0.25, 0.3) is 0 Å². The van der Waals surface area contributed by atoms with E-state index in [9.17, 15) is 9.90 Å². The van der Waals surface area contributed by atoms with Gasteiger partial charge in [-0.15, -0.1) is 0 Å². The van der Waals surface area contributed by atoms with Crippen LogP contribution in [0.5, 0.6) is 0 Å². The van der Waals surface area contributed by atoms with Crippen LogP contribution in [-0.4, -0.2) is 22.3 Å². The number of fused-ring (bicyclic) bond motifs is 1. The second kappa shape index (κ2) is 8.84. The molecule has 0 amide bonds. The van der Waals surface area contributed by atoms with Crippen molar-refractivity contribution in [1.29, 1.82) is 0 Å². The molecule has 2 rings (SSSR count). The summed E-state index contributed by atoms with van der Waals surface area (Å²) in [6.45, 7) is 9.05. The summed E-state index contributed by atoms with van der Waals surface area (Å²) in [5.41, 5.74) is 1.44. The number of allylic oxidation sites excluding steroid dienone is 5. The topological polar surface area (TPSA) is 57.5 Å². The van der Waals surface area contributed by atoms with Gasteiger partial charge in [-0.3, -0.25) is 0 Å². The minimum Gasteiger partial charge on any atom is -0.478 e. The molecule has 0 saturated heterocycles. The molecule has 0 aliphatic heterocycles. The van der Waals surface area contributed by atoms with Crippen LogP contribution in [0.15, 0.2) is 36.0 Å². The average Bonchev–Trinajstić information content (AvgIpc) is 2.54. The first-order chi connectivity index (χ1) is 11.9. The number of aliphatic hydroxyl groups excluding tert-OH is 1. The maximum absolute atomic E-state index is 10.7. The predicted molar refractivity (Wildman–Crippen MR) is 102 cm³/mol. The molecule has 0 bridgehead atoms. The molecule has 140 valence electrons. The Morgan fingerprint density at radius 1 is 1.16 bits per heavy atom. The van der Waals surface area contributed by atoms with Gasteiger partial charge >= 0.3 is 5.97 Å². The van der Waals surface area contributed by atoms with E-state index in [0.29, 0.717) is 35.5 Å². The van der Waals surface area contributed by atoms with Crippen LogP contribution in [0, 0.1) is 35.5 Å². The van der Waals surface area contributed by atoms with E-state index in [-0.39, 0.29) is 6.10 Å². The number of carboxylic acid groups (broad SMARTS) is 1. The van der Waals surface area contributed by atoms with Gasteiger partial charge in [0.2, 0.25) is 0 Å². The standard InChI is InChI=1S/C22H34O3/c1-5-8-14(2)21-16(4)13-18-19(23)12-11-15(3)22(18)17(21)9-6-7-10-20(24)25/h6-10,15-19,21-23H,5,11-13H2,1-4H3,(H,24,25)/b9-6+,10-7+,14-8+/t15-,16+,17+,18-,19-,21+,22-/m0/s1. The average molecular weight is 347 g/mol. The van der Waals surface area contributed by atoms with Crippen LogP contribution in [0.25, 0.3) is 0 Å². The van der Waals surface area contributed by atoms with E-state index in [1.807, 2.05) is 6.08 Å². The zero-order valence-corrected chi connectivity index (χ0v) is 16.1. The van der Waals surface area contributed by atoms with E-state index in [2.05, 4.69) is 39.8 Å². The lowest BCUT2D eigenvalue weighted by Crippen LogP contribution is -2.48. The van der Waals surface area contributed by atoms with Crippen molar-refractivity contribution in [2.75, 3.05) is 0 Å². The lowest BCUT2D eigenvalue weighted by atomic mass is 9.53. The monoisotopic (exact) mass is 346 g/mol. The molecule has 2 fully saturated rings. The first-order valence-electron chi connectivity index (χ1n) is 9.79. The smallest absolute Gasteiger partial charge is 0.328 e. The van der Waals surface area contributed by atoms with Crippen molar-refractivity contribution in [2.24, 2.45) is 35.5 Å². The van der Waals surface area contributed by atoms with E-state index in [1.54, 1.807) is 6.08 Å². The van der Waals surface area contributed by atoms with E-state index in [4.69, 9.17) is 5.11 Å².